The highest BCUT2D eigenvalue weighted by Crippen LogP contribution is 2.31. The van der Waals surface area contributed by atoms with Crippen LogP contribution >= 0.6 is 11.6 Å². The number of carbonyl (C=O) groups excluding carboxylic acids is 1. The molecule has 4 rings (SSSR count). The summed E-state index contributed by atoms with van der Waals surface area (Å²) in [5.41, 5.74) is 1.14. The molecule has 0 bridgehead atoms. The molecule has 8 heteroatoms. The normalized spacial score (nSPS) is 10.7. The van der Waals surface area contributed by atoms with Crippen LogP contribution in [-0.4, -0.2) is 15.4 Å². The lowest BCUT2D eigenvalue weighted by Crippen LogP contribution is -2.09. The van der Waals surface area contributed by atoms with Crippen molar-refractivity contribution in [2.24, 2.45) is 0 Å². The second kappa shape index (κ2) is 6.68. The highest BCUT2D eigenvalue weighted by Gasteiger charge is 2.20. The lowest BCUT2D eigenvalue weighted by molar-refractivity contribution is -0.384. The second-order valence-electron chi connectivity index (χ2n) is 5.93. The van der Waals surface area contributed by atoms with Crippen LogP contribution in [0.15, 0.2) is 65.2 Å². The van der Waals surface area contributed by atoms with Gasteiger partial charge in [0.2, 0.25) is 0 Å². The smallest absolute Gasteiger partial charge is 0.298 e. The molecule has 2 aromatic heterocycles. The molecule has 0 atom stereocenters. The van der Waals surface area contributed by atoms with Gasteiger partial charge in [-0.2, -0.15) is 5.26 Å². The van der Waals surface area contributed by atoms with E-state index in [2.05, 4.69) is 6.07 Å². The zero-order chi connectivity index (χ0) is 19.8. The number of rotatable bonds is 3. The lowest BCUT2D eigenvalue weighted by atomic mass is 10.1. The number of hydrogen-bond acceptors (Lipinski definition) is 5. The average Bonchev–Trinajstić information content (AvgIpc) is 3.33. The summed E-state index contributed by atoms with van der Waals surface area (Å²) in [6.45, 7) is 0. The summed E-state index contributed by atoms with van der Waals surface area (Å²) in [5, 5.41) is 21.0. The second-order valence-corrected chi connectivity index (χ2v) is 6.34. The summed E-state index contributed by atoms with van der Waals surface area (Å²) < 4.78 is 6.98. The van der Waals surface area contributed by atoms with E-state index in [1.165, 1.54) is 29.0 Å². The number of nitrogens with zero attached hydrogens (tertiary/aromatic N) is 3. The van der Waals surface area contributed by atoms with E-state index in [4.69, 9.17) is 16.0 Å². The first kappa shape index (κ1) is 17.5. The van der Waals surface area contributed by atoms with Gasteiger partial charge in [0.25, 0.3) is 11.6 Å². The Morgan fingerprint density at radius 1 is 1.18 bits per heavy atom. The van der Waals surface area contributed by atoms with Crippen molar-refractivity contribution in [1.82, 2.24) is 4.57 Å². The zero-order valence-electron chi connectivity index (χ0n) is 14.1. The summed E-state index contributed by atoms with van der Waals surface area (Å²) in [7, 11) is 0. The number of halogens is 1. The van der Waals surface area contributed by atoms with E-state index in [1.807, 2.05) is 0 Å². The summed E-state index contributed by atoms with van der Waals surface area (Å²) in [6.07, 6.45) is 1.46. The zero-order valence-corrected chi connectivity index (χ0v) is 14.9. The third-order valence-corrected chi connectivity index (χ3v) is 4.61. The monoisotopic (exact) mass is 391 g/mol. The Labute approximate surface area is 163 Å². The maximum Gasteiger partial charge on any atom is 0.298 e. The molecule has 0 aliphatic heterocycles. The van der Waals surface area contributed by atoms with Gasteiger partial charge in [0.05, 0.1) is 16.0 Å². The fourth-order valence-electron chi connectivity index (χ4n) is 2.97. The Morgan fingerprint density at radius 3 is 2.71 bits per heavy atom. The Balaban J connectivity index is 1.75. The predicted molar refractivity (Wildman–Crippen MR) is 102 cm³/mol. The minimum Gasteiger partial charge on any atom is -0.451 e. The minimum atomic E-state index is -0.587. The number of fused-ring (bicyclic) bond motifs is 1. The molecule has 0 N–H and O–H groups in total. The van der Waals surface area contributed by atoms with E-state index in [0.717, 1.165) is 0 Å². The maximum atomic E-state index is 12.9. The molecule has 0 unspecified atom stereocenters. The number of para-hydroxylation sites is 1. The molecule has 0 aliphatic rings. The third kappa shape index (κ3) is 2.82. The van der Waals surface area contributed by atoms with E-state index in [9.17, 15) is 20.2 Å². The maximum absolute atomic E-state index is 12.9. The lowest BCUT2D eigenvalue weighted by Gasteiger charge is -2.02. The first-order valence-electron chi connectivity index (χ1n) is 8.08. The minimum absolute atomic E-state index is 0.0134. The van der Waals surface area contributed by atoms with Crippen LogP contribution < -0.4 is 0 Å². The van der Waals surface area contributed by atoms with Gasteiger partial charge in [-0.15, -0.1) is 0 Å². The molecular weight excluding hydrogens is 382 g/mol. The van der Waals surface area contributed by atoms with Crippen LogP contribution in [0.3, 0.4) is 0 Å². The number of carbonyl (C=O) groups is 1. The molecule has 0 radical (unpaired) electrons. The topological polar surface area (TPSA) is 102 Å². The summed E-state index contributed by atoms with van der Waals surface area (Å²) in [4.78, 5) is 23.4. The van der Waals surface area contributed by atoms with Gasteiger partial charge in [-0.3, -0.25) is 19.5 Å². The Hall–Kier alpha value is -3.89. The number of hydrogen-bond donors (Lipinski definition) is 0. The molecule has 2 heterocycles. The summed E-state index contributed by atoms with van der Waals surface area (Å²) in [6, 6.07) is 16.4. The number of nitriles is 1. The van der Waals surface area contributed by atoms with Crippen molar-refractivity contribution in [2.75, 3.05) is 0 Å². The van der Waals surface area contributed by atoms with Gasteiger partial charge in [0.15, 0.2) is 5.76 Å². The van der Waals surface area contributed by atoms with Crippen LogP contribution in [0.2, 0.25) is 5.02 Å². The molecule has 4 aromatic rings. The van der Waals surface area contributed by atoms with Crippen LogP contribution in [0.5, 0.6) is 0 Å². The van der Waals surface area contributed by atoms with Crippen LogP contribution in [-0.2, 0) is 0 Å². The Bertz CT molecular complexity index is 1300. The van der Waals surface area contributed by atoms with Gasteiger partial charge in [-0.05, 0) is 30.3 Å². The van der Waals surface area contributed by atoms with Crippen LogP contribution in [0, 0.1) is 21.4 Å². The van der Waals surface area contributed by atoms with Crippen LogP contribution in [0.25, 0.3) is 22.2 Å². The molecule has 0 saturated carbocycles. The first-order valence-corrected chi connectivity index (χ1v) is 8.46. The summed E-state index contributed by atoms with van der Waals surface area (Å²) >= 11 is 5.83. The van der Waals surface area contributed by atoms with E-state index in [0.29, 0.717) is 27.8 Å². The van der Waals surface area contributed by atoms with E-state index >= 15 is 0 Å². The van der Waals surface area contributed by atoms with Crippen molar-refractivity contribution >= 4 is 34.1 Å². The number of nitro benzene ring substituents is 1. The number of aromatic nitrogens is 1. The number of furan rings is 1. The molecule has 0 aliphatic carbocycles. The van der Waals surface area contributed by atoms with Crippen molar-refractivity contribution in [3.05, 3.63) is 87.3 Å². The molecule has 7 nitrogen and oxygen atoms in total. The SMILES string of the molecule is N#Cc1cn(C(=O)c2ccc(-c3ccc(Cl)c([N+](=O)[O-])c3)o2)c2ccccc12. The van der Waals surface area contributed by atoms with Crippen molar-refractivity contribution in [1.29, 1.82) is 5.26 Å². The predicted octanol–water partition coefficient (Wildman–Crippen LogP) is 5.02. The Morgan fingerprint density at radius 2 is 1.96 bits per heavy atom. The van der Waals surface area contributed by atoms with Gasteiger partial charge >= 0.3 is 0 Å². The quantitative estimate of drug-likeness (QED) is 0.360. The van der Waals surface area contributed by atoms with E-state index < -0.39 is 10.8 Å². The molecule has 0 amide bonds. The van der Waals surface area contributed by atoms with Crippen molar-refractivity contribution in [2.45, 2.75) is 0 Å². The van der Waals surface area contributed by atoms with Gasteiger partial charge in [0, 0.05) is 23.2 Å². The molecule has 28 heavy (non-hydrogen) atoms. The molecule has 0 fully saturated rings. The van der Waals surface area contributed by atoms with Crippen molar-refractivity contribution in [3.8, 4) is 17.4 Å². The van der Waals surface area contributed by atoms with Crippen molar-refractivity contribution < 1.29 is 14.1 Å². The fraction of sp³-hybridized carbons (Fsp3) is 0. The number of benzene rings is 2. The fourth-order valence-corrected chi connectivity index (χ4v) is 3.16. The van der Waals surface area contributed by atoms with E-state index in [1.54, 1.807) is 36.4 Å². The van der Waals surface area contributed by atoms with Gasteiger partial charge in [0.1, 0.15) is 16.9 Å². The Kier molecular flexibility index (Phi) is 4.18. The van der Waals surface area contributed by atoms with E-state index in [-0.39, 0.29) is 16.5 Å². The standard InChI is InChI=1S/C20H10ClN3O4/c21-15-6-5-12(9-17(15)24(26)27)18-7-8-19(28-18)20(25)23-11-13(10-22)14-3-1-2-4-16(14)23/h1-9,11H. The highest BCUT2D eigenvalue weighted by atomic mass is 35.5. The van der Waals surface area contributed by atoms with Crippen molar-refractivity contribution in [3.63, 3.8) is 0 Å². The molecule has 136 valence electrons. The first-order chi connectivity index (χ1) is 13.5. The molecular formula is C20H10ClN3O4. The van der Waals surface area contributed by atoms with Crippen LogP contribution in [0.4, 0.5) is 5.69 Å². The van der Waals surface area contributed by atoms with Gasteiger partial charge in [-0.1, -0.05) is 29.8 Å². The number of nitro groups is 1. The summed E-state index contributed by atoms with van der Waals surface area (Å²) in [5.74, 6) is -0.120. The van der Waals surface area contributed by atoms with Crippen LogP contribution in [0.1, 0.15) is 16.1 Å². The molecule has 0 spiro atoms. The molecule has 2 aromatic carbocycles. The molecule has 0 saturated heterocycles. The van der Waals surface area contributed by atoms with Gasteiger partial charge < -0.3 is 4.42 Å². The van der Waals surface area contributed by atoms with Gasteiger partial charge in [-0.25, -0.2) is 0 Å². The highest BCUT2D eigenvalue weighted by molar-refractivity contribution is 6.32. The third-order valence-electron chi connectivity index (χ3n) is 4.30. The average molecular weight is 392 g/mol. The largest absolute Gasteiger partial charge is 0.451 e.